The van der Waals surface area contributed by atoms with Gasteiger partial charge in [0.25, 0.3) is 5.69 Å². The van der Waals surface area contributed by atoms with Crippen molar-refractivity contribution in [1.29, 1.82) is 0 Å². The Hall–Kier alpha value is -1.27. The van der Waals surface area contributed by atoms with Crippen LogP contribution in [0.1, 0.15) is 5.56 Å². The van der Waals surface area contributed by atoms with Crippen molar-refractivity contribution >= 4 is 17.4 Å². The summed E-state index contributed by atoms with van der Waals surface area (Å²) in [7, 11) is 1.52. The van der Waals surface area contributed by atoms with Gasteiger partial charge in [-0.3, -0.25) is 10.1 Å². The van der Waals surface area contributed by atoms with Gasteiger partial charge in [0, 0.05) is 11.8 Å². The molecule has 1 aromatic rings. The predicted molar refractivity (Wildman–Crippen MR) is 72.2 cm³/mol. The van der Waals surface area contributed by atoms with Crippen molar-refractivity contribution in [3.8, 4) is 5.75 Å². The van der Waals surface area contributed by atoms with Crippen LogP contribution in [-0.2, 0) is 5.75 Å². The minimum atomic E-state index is -0.382. The minimum Gasteiger partial charge on any atom is -0.496 e. The van der Waals surface area contributed by atoms with Crippen LogP contribution in [0, 0.1) is 16.0 Å². The van der Waals surface area contributed by atoms with E-state index in [0.29, 0.717) is 5.75 Å². The standard InChI is InChI=1S/C12H16N2O3S/c1-17-12-3-9(2-11(4-12)14(15)16)7-18-8-10-5-13-6-10/h2-4,10,13H,5-8H2,1H3. The molecule has 0 saturated carbocycles. The average Bonchev–Trinajstić information content (AvgIpc) is 2.31. The topological polar surface area (TPSA) is 64.4 Å². The Morgan fingerprint density at radius 2 is 2.28 bits per heavy atom. The van der Waals surface area contributed by atoms with E-state index < -0.39 is 0 Å². The molecule has 1 N–H and O–H groups in total. The van der Waals surface area contributed by atoms with Crippen molar-refractivity contribution in [3.05, 3.63) is 33.9 Å². The number of methoxy groups -OCH3 is 1. The summed E-state index contributed by atoms with van der Waals surface area (Å²) >= 11 is 1.81. The van der Waals surface area contributed by atoms with Crippen LogP contribution in [0.3, 0.4) is 0 Å². The highest BCUT2D eigenvalue weighted by Gasteiger charge is 2.16. The lowest BCUT2D eigenvalue weighted by molar-refractivity contribution is -0.385. The van der Waals surface area contributed by atoms with Gasteiger partial charge in [-0.15, -0.1) is 0 Å². The molecule has 0 radical (unpaired) electrons. The molecule has 0 bridgehead atoms. The van der Waals surface area contributed by atoms with Crippen molar-refractivity contribution in [2.45, 2.75) is 5.75 Å². The molecule has 1 heterocycles. The summed E-state index contributed by atoms with van der Waals surface area (Å²) in [5, 5.41) is 14.0. The molecule has 18 heavy (non-hydrogen) atoms. The molecule has 1 fully saturated rings. The summed E-state index contributed by atoms with van der Waals surface area (Å²) in [6.07, 6.45) is 0. The molecule has 0 amide bonds. The lowest BCUT2D eigenvalue weighted by Gasteiger charge is -2.26. The van der Waals surface area contributed by atoms with Crippen LogP contribution >= 0.6 is 11.8 Å². The largest absolute Gasteiger partial charge is 0.496 e. The van der Waals surface area contributed by atoms with Gasteiger partial charge < -0.3 is 10.1 Å². The van der Waals surface area contributed by atoms with E-state index in [-0.39, 0.29) is 10.6 Å². The number of thioether (sulfide) groups is 1. The number of benzene rings is 1. The molecule has 0 spiro atoms. The molecule has 2 rings (SSSR count). The molecule has 1 aliphatic heterocycles. The number of ether oxygens (including phenoxy) is 1. The van der Waals surface area contributed by atoms with E-state index in [2.05, 4.69) is 5.32 Å². The van der Waals surface area contributed by atoms with Gasteiger partial charge in [0.15, 0.2) is 0 Å². The van der Waals surface area contributed by atoms with Crippen molar-refractivity contribution in [2.75, 3.05) is 26.0 Å². The monoisotopic (exact) mass is 268 g/mol. The van der Waals surface area contributed by atoms with E-state index in [9.17, 15) is 10.1 Å². The average molecular weight is 268 g/mol. The summed E-state index contributed by atoms with van der Waals surface area (Å²) in [5.41, 5.74) is 1.04. The van der Waals surface area contributed by atoms with Gasteiger partial charge in [0.05, 0.1) is 18.1 Å². The van der Waals surface area contributed by atoms with Crippen molar-refractivity contribution in [2.24, 2.45) is 5.92 Å². The lowest BCUT2D eigenvalue weighted by atomic mass is 10.1. The first-order valence-electron chi connectivity index (χ1n) is 5.80. The summed E-state index contributed by atoms with van der Waals surface area (Å²) in [5.74, 6) is 3.17. The quantitative estimate of drug-likeness (QED) is 0.632. The first-order valence-corrected chi connectivity index (χ1v) is 6.95. The van der Waals surface area contributed by atoms with Gasteiger partial charge >= 0.3 is 0 Å². The van der Waals surface area contributed by atoms with Gasteiger partial charge in [0.2, 0.25) is 0 Å². The second kappa shape index (κ2) is 6.06. The number of rotatable bonds is 6. The zero-order valence-corrected chi connectivity index (χ0v) is 11.0. The molecule has 0 aromatic heterocycles. The van der Waals surface area contributed by atoms with Crippen molar-refractivity contribution < 1.29 is 9.66 Å². The van der Waals surface area contributed by atoms with E-state index >= 15 is 0 Å². The molecule has 5 nitrogen and oxygen atoms in total. The van der Waals surface area contributed by atoms with Gasteiger partial charge in [-0.25, -0.2) is 0 Å². The van der Waals surface area contributed by atoms with Crippen molar-refractivity contribution in [3.63, 3.8) is 0 Å². The van der Waals surface area contributed by atoms with E-state index in [1.807, 2.05) is 17.8 Å². The Kier molecular flexibility index (Phi) is 4.43. The summed E-state index contributed by atoms with van der Waals surface area (Å²) in [4.78, 5) is 10.4. The normalized spacial score (nSPS) is 15.2. The molecule has 0 unspecified atom stereocenters. The lowest BCUT2D eigenvalue weighted by Crippen LogP contribution is -2.43. The van der Waals surface area contributed by atoms with Crippen molar-refractivity contribution in [1.82, 2.24) is 5.32 Å². The van der Waals surface area contributed by atoms with E-state index in [1.165, 1.54) is 13.2 Å². The molecule has 0 atom stereocenters. The minimum absolute atomic E-state index is 0.0928. The third kappa shape index (κ3) is 3.36. The fourth-order valence-electron chi connectivity index (χ4n) is 1.76. The Bertz CT molecular complexity index is 435. The highest BCUT2D eigenvalue weighted by atomic mass is 32.2. The van der Waals surface area contributed by atoms with Crippen LogP contribution in [0.25, 0.3) is 0 Å². The second-order valence-corrected chi connectivity index (χ2v) is 5.37. The van der Waals surface area contributed by atoms with Crippen LogP contribution in [-0.4, -0.2) is 30.9 Å². The predicted octanol–water partition coefficient (Wildman–Crippen LogP) is 2.06. The number of nitrogens with zero attached hydrogens (tertiary/aromatic N) is 1. The van der Waals surface area contributed by atoms with E-state index in [1.54, 1.807) is 6.07 Å². The Morgan fingerprint density at radius 1 is 1.50 bits per heavy atom. The van der Waals surface area contributed by atoms with Gasteiger partial charge in [-0.2, -0.15) is 11.8 Å². The number of hydrogen-bond acceptors (Lipinski definition) is 5. The zero-order valence-electron chi connectivity index (χ0n) is 10.2. The molecule has 1 saturated heterocycles. The zero-order chi connectivity index (χ0) is 13.0. The number of nitro groups is 1. The number of hydrogen-bond donors (Lipinski definition) is 1. The second-order valence-electron chi connectivity index (χ2n) is 4.34. The highest BCUT2D eigenvalue weighted by molar-refractivity contribution is 7.98. The molecule has 0 aliphatic carbocycles. The summed E-state index contributed by atoms with van der Waals surface area (Å²) < 4.78 is 5.08. The Balaban J connectivity index is 1.96. The van der Waals surface area contributed by atoms with Crippen LogP contribution < -0.4 is 10.1 Å². The third-order valence-electron chi connectivity index (χ3n) is 2.89. The number of nitrogens with one attached hydrogen (secondary N) is 1. The molecular formula is C12H16N2O3S. The number of nitro benzene ring substituents is 1. The van der Waals surface area contributed by atoms with Crippen LogP contribution in [0.5, 0.6) is 5.75 Å². The highest BCUT2D eigenvalue weighted by Crippen LogP contribution is 2.26. The fourth-order valence-corrected chi connectivity index (χ4v) is 2.85. The summed E-state index contributed by atoms with van der Waals surface area (Å²) in [6.45, 7) is 2.18. The van der Waals surface area contributed by atoms with Gasteiger partial charge in [0.1, 0.15) is 5.75 Å². The van der Waals surface area contributed by atoms with Gasteiger partial charge in [-0.05, 0) is 36.4 Å². The maximum absolute atomic E-state index is 10.8. The SMILES string of the molecule is COc1cc(CSCC2CNC2)cc([N+](=O)[O-])c1. The fraction of sp³-hybridized carbons (Fsp3) is 0.500. The number of non-ortho nitro benzene ring substituents is 1. The van der Waals surface area contributed by atoms with Crippen LogP contribution in [0.2, 0.25) is 0 Å². The van der Waals surface area contributed by atoms with E-state index in [0.717, 1.165) is 36.1 Å². The maximum Gasteiger partial charge on any atom is 0.273 e. The smallest absolute Gasteiger partial charge is 0.273 e. The maximum atomic E-state index is 10.8. The molecule has 98 valence electrons. The summed E-state index contributed by atoms with van der Waals surface area (Å²) in [6, 6.07) is 4.93. The van der Waals surface area contributed by atoms with Crippen LogP contribution in [0.15, 0.2) is 18.2 Å². The molecular weight excluding hydrogens is 252 g/mol. The first-order chi connectivity index (χ1) is 8.69. The van der Waals surface area contributed by atoms with Gasteiger partial charge in [-0.1, -0.05) is 0 Å². The van der Waals surface area contributed by atoms with E-state index in [4.69, 9.17) is 4.74 Å². The van der Waals surface area contributed by atoms with Crippen LogP contribution in [0.4, 0.5) is 5.69 Å². The Labute approximate surface area is 110 Å². The first kappa shape index (κ1) is 13.2. The third-order valence-corrected chi connectivity index (χ3v) is 4.13. The Morgan fingerprint density at radius 3 is 2.83 bits per heavy atom. The molecule has 1 aliphatic rings. The molecule has 1 aromatic carbocycles. The molecule has 6 heteroatoms.